The molecule has 5 heteroatoms. The van der Waals surface area contributed by atoms with Gasteiger partial charge in [-0.15, -0.1) is 0 Å². The summed E-state index contributed by atoms with van der Waals surface area (Å²) in [6.45, 7) is 0.668. The standard InChI is InChI=1S/C14H17NO3S/c1-15-9-11-7-8-12(18-11)10-19(16)14-6-4-3-5-13(14)17-2/h3-8,15H,9-10H2,1-2H3. The lowest BCUT2D eigenvalue weighted by molar-refractivity contribution is 0.404. The molecule has 1 aromatic heterocycles. The molecular weight excluding hydrogens is 262 g/mol. The Kier molecular flexibility index (Phi) is 4.76. The van der Waals surface area contributed by atoms with Crippen LogP contribution in [0.15, 0.2) is 45.7 Å². The maximum atomic E-state index is 12.3. The van der Waals surface area contributed by atoms with Crippen molar-refractivity contribution >= 4 is 10.8 Å². The molecule has 0 aliphatic carbocycles. The molecule has 1 aromatic carbocycles. The Morgan fingerprint density at radius 3 is 2.68 bits per heavy atom. The molecule has 2 aromatic rings. The van der Waals surface area contributed by atoms with Gasteiger partial charge < -0.3 is 14.5 Å². The van der Waals surface area contributed by atoms with Crippen molar-refractivity contribution in [3.8, 4) is 5.75 Å². The number of hydrogen-bond acceptors (Lipinski definition) is 4. The average molecular weight is 279 g/mol. The monoisotopic (exact) mass is 279 g/mol. The number of ether oxygens (including phenoxy) is 1. The van der Waals surface area contributed by atoms with Crippen LogP contribution in [0.2, 0.25) is 0 Å². The lowest BCUT2D eigenvalue weighted by Gasteiger charge is -2.06. The van der Waals surface area contributed by atoms with Crippen molar-refractivity contribution in [3.63, 3.8) is 0 Å². The Morgan fingerprint density at radius 2 is 1.95 bits per heavy atom. The third kappa shape index (κ3) is 3.45. The summed E-state index contributed by atoms with van der Waals surface area (Å²) >= 11 is 0. The summed E-state index contributed by atoms with van der Waals surface area (Å²) in [5.41, 5.74) is 0. The lowest BCUT2D eigenvalue weighted by atomic mass is 10.3. The Morgan fingerprint density at radius 1 is 1.21 bits per heavy atom. The number of benzene rings is 1. The molecule has 0 aliphatic rings. The molecule has 0 radical (unpaired) electrons. The van der Waals surface area contributed by atoms with Gasteiger partial charge in [0.1, 0.15) is 17.3 Å². The quantitative estimate of drug-likeness (QED) is 0.881. The van der Waals surface area contributed by atoms with Gasteiger partial charge in [-0.05, 0) is 31.3 Å². The summed E-state index contributed by atoms with van der Waals surface area (Å²) in [5, 5.41) is 3.01. The minimum absolute atomic E-state index is 0.351. The molecule has 0 saturated carbocycles. The molecule has 1 heterocycles. The fraction of sp³-hybridized carbons (Fsp3) is 0.286. The van der Waals surface area contributed by atoms with Crippen molar-refractivity contribution < 1.29 is 13.4 Å². The van der Waals surface area contributed by atoms with E-state index in [9.17, 15) is 4.21 Å². The van der Waals surface area contributed by atoms with Crippen molar-refractivity contribution in [3.05, 3.63) is 47.9 Å². The van der Waals surface area contributed by atoms with Crippen LogP contribution in [-0.4, -0.2) is 18.4 Å². The number of hydrogen-bond donors (Lipinski definition) is 1. The first-order valence-electron chi connectivity index (χ1n) is 5.98. The molecule has 102 valence electrons. The smallest absolute Gasteiger partial charge is 0.134 e. The number of nitrogens with one attached hydrogen (secondary N) is 1. The molecule has 0 amide bonds. The van der Waals surface area contributed by atoms with Gasteiger partial charge in [0.05, 0.1) is 35.1 Å². The Labute approximate surface area is 115 Å². The molecule has 0 saturated heterocycles. The van der Waals surface area contributed by atoms with Gasteiger partial charge >= 0.3 is 0 Å². The number of rotatable bonds is 6. The summed E-state index contributed by atoms with van der Waals surface area (Å²) < 4.78 is 23.1. The van der Waals surface area contributed by atoms with Crippen LogP contribution in [0, 0.1) is 0 Å². The Bertz CT molecular complexity index is 565. The fourth-order valence-corrected chi connectivity index (χ4v) is 2.96. The van der Waals surface area contributed by atoms with E-state index in [0.717, 1.165) is 11.5 Å². The number of para-hydroxylation sites is 1. The van der Waals surface area contributed by atoms with Gasteiger partial charge in [-0.3, -0.25) is 4.21 Å². The number of furan rings is 1. The van der Waals surface area contributed by atoms with E-state index in [0.29, 0.717) is 22.9 Å². The van der Waals surface area contributed by atoms with Crippen molar-refractivity contribution in [2.75, 3.05) is 14.2 Å². The van der Waals surface area contributed by atoms with Crippen LogP contribution in [0.25, 0.3) is 0 Å². The van der Waals surface area contributed by atoms with Gasteiger partial charge in [-0.25, -0.2) is 0 Å². The van der Waals surface area contributed by atoms with Gasteiger partial charge in [-0.1, -0.05) is 12.1 Å². The lowest BCUT2D eigenvalue weighted by Crippen LogP contribution is -2.03. The second-order valence-electron chi connectivity index (χ2n) is 4.04. The Balaban J connectivity index is 2.11. The van der Waals surface area contributed by atoms with Crippen LogP contribution < -0.4 is 10.1 Å². The second-order valence-corrected chi connectivity index (χ2v) is 5.46. The van der Waals surface area contributed by atoms with Gasteiger partial charge in [0.15, 0.2) is 0 Å². The van der Waals surface area contributed by atoms with Crippen molar-refractivity contribution in [1.82, 2.24) is 5.32 Å². The SMILES string of the molecule is CNCc1ccc(CS(=O)c2ccccc2OC)o1. The first-order valence-corrected chi connectivity index (χ1v) is 7.30. The highest BCUT2D eigenvalue weighted by molar-refractivity contribution is 7.84. The molecule has 1 N–H and O–H groups in total. The van der Waals surface area contributed by atoms with E-state index in [2.05, 4.69) is 5.32 Å². The normalized spacial score (nSPS) is 12.3. The van der Waals surface area contributed by atoms with Crippen LogP contribution in [0.5, 0.6) is 5.75 Å². The largest absolute Gasteiger partial charge is 0.495 e. The Hall–Kier alpha value is -1.59. The first kappa shape index (κ1) is 13.8. The van der Waals surface area contributed by atoms with Crippen molar-refractivity contribution in [2.45, 2.75) is 17.2 Å². The zero-order valence-electron chi connectivity index (χ0n) is 11.0. The molecule has 1 unspecified atom stereocenters. The molecule has 0 fully saturated rings. The number of methoxy groups -OCH3 is 1. The minimum atomic E-state index is -1.18. The van der Waals surface area contributed by atoms with E-state index in [1.54, 1.807) is 7.11 Å². The zero-order valence-corrected chi connectivity index (χ0v) is 11.8. The highest BCUT2D eigenvalue weighted by Crippen LogP contribution is 2.23. The highest BCUT2D eigenvalue weighted by atomic mass is 32.2. The van der Waals surface area contributed by atoms with Crippen LogP contribution >= 0.6 is 0 Å². The molecule has 0 bridgehead atoms. The predicted octanol–water partition coefficient (Wildman–Crippen LogP) is 2.32. The van der Waals surface area contributed by atoms with Gasteiger partial charge in [0.2, 0.25) is 0 Å². The molecule has 4 nitrogen and oxygen atoms in total. The van der Waals surface area contributed by atoms with E-state index < -0.39 is 10.8 Å². The van der Waals surface area contributed by atoms with Crippen molar-refractivity contribution in [2.24, 2.45) is 0 Å². The van der Waals surface area contributed by atoms with E-state index in [-0.39, 0.29) is 0 Å². The third-order valence-corrected chi connectivity index (χ3v) is 4.03. The maximum Gasteiger partial charge on any atom is 0.134 e. The summed E-state index contributed by atoms with van der Waals surface area (Å²) in [6.07, 6.45) is 0. The first-order chi connectivity index (χ1) is 9.24. The summed E-state index contributed by atoms with van der Waals surface area (Å²) in [4.78, 5) is 0.691. The van der Waals surface area contributed by atoms with E-state index >= 15 is 0 Å². The van der Waals surface area contributed by atoms with Crippen molar-refractivity contribution in [1.29, 1.82) is 0 Å². The van der Waals surface area contributed by atoms with E-state index in [4.69, 9.17) is 9.15 Å². The highest BCUT2D eigenvalue weighted by Gasteiger charge is 2.12. The van der Waals surface area contributed by atoms with E-state index in [1.807, 2.05) is 43.4 Å². The second kappa shape index (κ2) is 6.54. The summed E-state index contributed by atoms with van der Waals surface area (Å²) in [6, 6.07) is 11.1. The zero-order chi connectivity index (χ0) is 13.7. The third-order valence-electron chi connectivity index (χ3n) is 2.66. The predicted molar refractivity (Wildman–Crippen MR) is 74.6 cm³/mol. The maximum absolute atomic E-state index is 12.3. The topological polar surface area (TPSA) is 51.5 Å². The molecule has 0 aliphatic heterocycles. The summed E-state index contributed by atoms with van der Waals surface area (Å²) in [5.74, 6) is 2.55. The molecule has 2 rings (SSSR count). The minimum Gasteiger partial charge on any atom is -0.495 e. The van der Waals surface area contributed by atoms with Crippen LogP contribution in [0.1, 0.15) is 11.5 Å². The average Bonchev–Trinajstić information content (AvgIpc) is 2.86. The molecule has 0 spiro atoms. The van der Waals surface area contributed by atoms with Gasteiger partial charge in [0, 0.05) is 0 Å². The molecular formula is C14H17NO3S. The van der Waals surface area contributed by atoms with Gasteiger partial charge in [0.25, 0.3) is 0 Å². The van der Waals surface area contributed by atoms with Gasteiger partial charge in [-0.2, -0.15) is 0 Å². The van der Waals surface area contributed by atoms with Crippen LogP contribution in [-0.2, 0) is 23.1 Å². The summed E-state index contributed by atoms with van der Waals surface area (Å²) in [7, 11) is 2.26. The molecule has 19 heavy (non-hydrogen) atoms. The van der Waals surface area contributed by atoms with E-state index in [1.165, 1.54) is 0 Å². The molecule has 1 atom stereocenters. The fourth-order valence-electron chi connectivity index (χ4n) is 1.78. The van der Waals surface area contributed by atoms with Crippen LogP contribution in [0.3, 0.4) is 0 Å². The van der Waals surface area contributed by atoms with Crippen LogP contribution in [0.4, 0.5) is 0 Å².